The number of carbonyl (C=O) groups excluding carboxylic acids is 1. The standard InChI is InChI=1S/C18H14Cl2N4O4/c1-28-15(17(26)23-14-8-21-18(27)24-16(14)25)4-2-3-10-5-9-6-11(19)12(20)7-13(9)22-10/h2-8,22H,1H3,(H,23,26)(H2,21,24,25,27)/b3-2+,15-4+. The van der Waals surface area contributed by atoms with Gasteiger partial charge < -0.3 is 20.0 Å². The molecule has 28 heavy (non-hydrogen) atoms. The number of hydrogen-bond donors (Lipinski definition) is 4. The van der Waals surface area contributed by atoms with Crippen molar-refractivity contribution in [2.45, 2.75) is 0 Å². The van der Waals surface area contributed by atoms with Gasteiger partial charge >= 0.3 is 5.69 Å². The summed E-state index contributed by atoms with van der Waals surface area (Å²) in [5.41, 5.74) is 0.0753. The molecule has 0 aliphatic heterocycles. The molecule has 2 heterocycles. The predicted octanol–water partition coefficient (Wildman–Crippen LogP) is 3.03. The Bertz CT molecular complexity index is 1180. The second kappa shape index (κ2) is 8.20. The number of fused-ring (bicyclic) bond motifs is 1. The maximum absolute atomic E-state index is 12.2. The third-order valence-corrected chi connectivity index (χ3v) is 4.44. The molecule has 0 aliphatic rings. The number of carbonyl (C=O) groups is 1. The molecule has 10 heteroatoms. The van der Waals surface area contributed by atoms with Crippen LogP contribution in [0.15, 0.2) is 51.9 Å². The van der Waals surface area contributed by atoms with Crippen LogP contribution in [0.25, 0.3) is 17.0 Å². The van der Waals surface area contributed by atoms with E-state index in [1.165, 1.54) is 13.2 Å². The fraction of sp³-hybridized carbons (Fsp3) is 0.0556. The van der Waals surface area contributed by atoms with Gasteiger partial charge in [-0.05, 0) is 30.4 Å². The van der Waals surface area contributed by atoms with Gasteiger partial charge in [0.05, 0.1) is 17.2 Å². The summed E-state index contributed by atoms with van der Waals surface area (Å²) in [5, 5.41) is 4.15. The lowest BCUT2D eigenvalue weighted by Crippen LogP contribution is -2.27. The van der Waals surface area contributed by atoms with Gasteiger partial charge in [0.15, 0.2) is 5.76 Å². The lowest BCUT2D eigenvalue weighted by atomic mass is 10.2. The van der Waals surface area contributed by atoms with Crippen molar-refractivity contribution in [3.63, 3.8) is 0 Å². The minimum Gasteiger partial charge on any atom is -0.491 e. The molecule has 2 aromatic heterocycles. The van der Waals surface area contributed by atoms with E-state index >= 15 is 0 Å². The number of ether oxygens (including phenoxy) is 1. The lowest BCUT2D eigenvalue weighted by molar-refractivity contribution is -0.115. The van der Waals surface area contributed by atoms with Crippen molar-refractivity contribution in [2.24, 2.45) is 0 Å². The lowest BCUT2D eigenvalue weighted by Gasteiger charge is -2.05. The van der Waals surface area contributed by atoms with E-state index in [1.54, 1.807) is 24.3 Å². The van der Waals surface area contributed by atoms with E-state index in [0.717, 1.165) is 22.8 Å². The highest BCUT2D eigenvalue weighted by Gasteiger charge is 2.11. The molecule has 0 fully saturated rings. The molecule has 4 N–H and O–H groups in total. The highest BCUT2D eigenvalue weighted by Crippen LogP contribution is 2.28. The second-order valence-electron chi connectivity index (χ2n) is 5.61. The van der Waals surface area contributed by atoms with E-state index in [-0.39, 0.29) is 11.4 Å². The molecule has 0 spiro atoms. The number of hydrogen-bond acceptors (Lipinski definition) is 4. The van der Waals surface area contributed by atoms with E-state index in [0.29, 0.717) is 10.0 Å². The average molecular weight is 421 g/mol. The molecule has 0 saturated carbocycles. The first-order chi connectivity index (χ1) is 13.4. The van der Waals surface area contributed by atoms with Gasteiger partial charge in [-0.25, -0.2) is 4.79 Å². The van der Waals surface area contributed by atoms with Crippen molar-refractivity contribution >= 4 is 51.8 Å². The fourth-order valence-corrected chi connectivity index (χ4v) is 2.74. The highest BCUT2D eigenvalue weighted by atomic mass is 35.5. The summed E-state index contributed by atoms with van der Waals surface area (Å²) in [5.74, 6) is -0.691. The fourth-order valence-electron chi connectivity index (χ4n) is 2.40. The number of benzene rings is 1. The number of anilines is 1. The first kappa shape index (κ1) is 19.5. The maximum atomic E-state index is 12.2. The van der Waals surface area contributed by atoms with Crippen molar-refractivity contribution in [3.8, 4) is 0 Å². The van der Waals surface area contributed by atoms with Crippen molar-refractivity contribution in [2.75, 3.05) is 12.4 Å². The number of methoxy groups -OCH3 is 1. The summed E-state index contributed by atoms with van der Waals surface area (Å²) >= 11 is 12.0. The topological polar surface area (TPSA) is 120 Å². The Morgan fingerprint density at radius 1 is 1.14 bits per heavy atom. The molecule has 0 saturated heterocycles. The van der Waals surface area contributed by atoms with Crippen LogP contribution in [0.5, 0.6) is 0 Å². The molecule has 8 nitrogen and oxygen atoms in total. The van der Waals surface area contributed by atoms with E-state index in [1.807, 2.05) is 11.1 Å². The average Bonchev–Trinajstić information content (AvgIpc) is 3.02. The molecule has 0 atom stereocenters. The number of aromatic nitrogens is 3. The Labute approximate surface area is 167 Å². The Morgan fingerprint density at radius 2 is 1.89 bits per heavy atom. The van der Waals surface area contributed by atoms with Crippen molar-refractivity contribution in [1.82, 2.24) is 15.0 Å². The van der Waals surface area contributed by atoms with E-state index < -0.39 is 17.2 Å². The molecule has 0 bridgehead atoms. The maximum Gasteiger partial charge on any atom is 0.325 e. The quantitative estimate of drug-likeness (QED) is 0.288. The molecule has 0 unspecified atom stereocenters. The molecule has 0 radical (unpaired) electrons. The minimum absolute atomic E-state index is 0.0379. The van der Waals surface area contributed by atoms with Crippen LogP contribution >= 0.6 is 23.2 Å². The molecule has 1 amide bonds. The summed E-state index contributed by atoms with van der Waals surface area (Å²) in [4.78, 5) is 42.3. The summed E-state index contributed by atoms with van der Waals surface area (Å²) < 4.78 is 5.04. The van der Waals surface area contributed by atoms with E-state index in [2.05, 4.69) is 15.3 Å². The third-order valence-electron chi connectivity index (χ3n) is 3.72. The summed E-state index contributed by atoms with van der Waals surface area (Å²) in [6.07, 6.45) is 5.86. The SMILES string of the molecule is CO/C(=C/C=C/c1cc2cc(Cl)c(Cl)cc2[nH]1)C(=O)Nc1c[nH]c(=O)[nH]c1=O. The summed E-state index contributed by atoms with van der Waals surface area (Å²) in [7, 11) is 1.32. The van der Waals surface area contributed by atoms with E-state index in [9.17, 15) is 14.4 Å². The second-order valence-corrected chi connectivity index (χ2v) is 6.43. The number of allylic oxidation sites excluding steroid dienone is 2. The molecular formula is C18H14Cl2N4O4. The van der Waals surface area contributed by atoms with Gasteiger partial charge in [-0.3, -0.25) is 14.6 Å². The van der Waals surface area contributed by atoms with E-state index in [4.69, 9.17) is 27.9 Å². The smallest absolute Gasteiger partial charge is 0.325 e. The Hall–Kier alpha value is -3.23. The largest absolute Gasteiger partial charge is 0.491 e. The van der Waals surface area contributed by atoms with Crippen LogP contribution in [-0.2, 0) is 9.53 Å². The van der Waals surface area contributed by atoms with Crippen LogP contribution in [-0.4, -0.2) is 28.0 Å². The van der Waals surface area contributed by atoms with Crippen molar-refractivity contribution in [1.29, 1.82) is 0 Å². The monoisotopic (exact) mass is 420 g/mol. The third kappa shape index (κ3) is 4.36. The normalized spacial score (nSPS) is 11.9. The van der Waals surface area contributed by atoms with Gasteiger partial charge in [0.25, 0.3) is 11.5 Å². The van der Waals surface area contributed by atoms with Crippen LogP contribution in [0.4, 0.5) is 5.69 Å². The van der Waals surface area contributed by atoms with Gasteiger partial charge in [-0.15, -0.1) is 0 Å². The first-order valence-corrected chi connectivity index (χ1v) is 8.66. The van der Waals surface area contributed by atoms with Crippen LogP contribution in [0, 0.1) is 0 Å². The molecule has 144 valence electrons. The predicted molar refractivity (Wildman–Crippen MR) is 109 cm³/mol. The molecular weight excluding hydrogens is 407 g/mol. The molecule has 0 aliphatic carbocycles. The van der Waals surface area contributed by atoms with Crippen LogP contribution in [0.3, 0.4) is 0 Å². The Balaban J connectivity index is 1.77. The Kier molecular flexibility index (Phi) is 5.72. The zero-order valence-corrected chi connectivity index (χ0v) is 15.9. The first-order valence-electron chi connectivity index (χ1n) is 7.91. The Morgan fingerprint density at radius 3 is 2.61 bits per heavy atom. The number of halogens is 2. The molecule has 3 rings (SSSR count). The van der Waals surface area contributed by atoms with Crippen molar-refractivity contribution in [3.05, 3.63) is 78.9 Å². The van der Waals surface area contributed by atoms with Gasteiger partial charge in [-0.1, -0.05) is 29.3 Å². The van der Waals surface area contributed by atoms with Gasteiger partial charge in [0, 0.05) is 22.8 Å². The number of rotatable bonds is 5. The zero-order valence-electron chi connectivity index (χ0n) is 14.4. The minimum atomic E-state index is -0.724. The molecule has 3 aromatic rings. The highest BCUT2D eigenvalue weighted by molar-refractivity contribution is 6.42. The summed E-state index contributed by atoms with van der Waals surface area (Å²) in [6.45, 7) is 0. The van der Waals surface area contributed by atoms with Gasteiger partial charge in [0.1, 0.15) is 5.69 Å². The van der Waals surface area contributed by atoms with Gasteiger partial charge in [-0.2, -0.15) is 0 Å². The van der Waals surface area contributed by atoms with Crippen molar-refractivity contribution < 1.29 is 9.53 Å². The molecule has 1 aromatic carbocycles. The van der Waals surface area contributed by atoms with Crippen LogP contribution in [0.1, 0.15) is 5.69 Å². The van der Waals surface area contributed by atoms with Gasteiger partial charge in [0.2, 0.25) is 0 Å². The summed E-state index contributed by atoms with van der Waals surface area (Å²) in [6, 6.07) is 5.34. The number of nitrogens with one attached hydrogen (secondary N) is 4. The zero-order chi connectivity index (χ0) is 20.3. The number of H-pyrrole nitrogens is 3. The number of amides is 1. The van der Waals surface area contributed by atoms with Crippen LogP contribution in [0.2, 0.25) is 10.0 Å². The number of aromatic amines is 3. The van der Waals surface area contributed by atoms with Crippen LogP contribution < -0.4 is 16.6 Å².